The third-order valence-electron chi connectivity index (χ3n) is 3.33. The molecule has 0 saturated carbocycles. The molecule has 3 nitrogen and oxygen atoms in total. The van der Waals surface area contributed by atoms with Gasteiger partial charge in [-0.1, -0.05) is 0 Å². The van der Waals surface area contributed by atoms with E-state index in [2.05, 4.69) is 4.90 Å². The first kappa shape index (κ1) is 9.44. The van der Waals surface area contributed by atoms with Gasteiger partial charge in [0, 0.05) is 18.6 Å². The van der Waals surface area contributed by atoms with Crippen molar-refractivity contribution in [1.29, 1.82) is 0 Å². The van der Waals surface area contributed by atoms with E-state index in [9.17, 15) is 10.2 Å². The Bertz CT molecular complexity index is 170. The van der Waals surface area contributed by atoms with E-state index >= 15 is 0 Å². The molecule has 2 unspecified atom stereocenters. The maximum Gasteiger partial charge on any atom is 0.0639 e. The third-order valence-corrected chi connectivity index (χ3v) is 3.33. The zero-order valence-electron chi connectivity index (χ0n) is 8.19. The van der Waals surface area contributed by atoms with Crippen LogP contribution in [0.15, 0.2) is 0 Å². The Hall–Kier alpha value is -0.120. The van der Waals surface area contributed by atoms with Crippen LogP contribution in [0.25, 0.3) is 0 Å². The van der Waals surface area contributed by atoms with Crippen molar-refractivity contribution in [3.8, 4) is 0 Å². The highest BCUT2D eigenvalue weighted by Gasteiger charge is 2.40. The van der Waals surface area contributed by atoms with Crippen molar-refractivity contribution >= 4 is 0 Å². The molecule has 0 aromatic rings. The minimum atomic E-state index is -0.238. The van der Waals surface area contributed by atoms with E-state index in [-0.39, 0.29) is 12.2 Å². The maximum atomic E-state index is 9.55. The van der Waals surface area contributed by atoms with Gasteiger partial charge in [0.15, 0.2) is 0 Å². The van der Waals surface area contributed by atoms with Crippen LogP contribution in [0.1, 0.15) is 32.6 Å². The summed E-state index contributed by atoms with van der Waals surface area (Å²) in [6.45, 7) is 2.62. The van der Waals surface area contributed by atoms with E-state index in [4.69, 9.17) is 0 Å². The fourth-order valence-corrected chi connectivity index (χ4v) is 2.85. The van der Waals surface area contributed by atoms with Gasteiger partial charge in [-0.2, -0.15) is 0 Å². The van der Waals surface area contributed by atoms with Crippen LogP contribution < -0.4 is 0 Å². The van der Waals surface area contributed by atoms with Crippen molar-refractivity contribution in [2.45, 2.75) is 56.9 Å². The van der Waals surface area contributed by atoms with E-state index in [0.717, 1.165) is 19.4 Å². The van der Waals surface area contributed by atoms with Gasteiger partial charge in [0.05, 0.1) is 12.2 Å². The molecule has 2 fully saturated rings. The molecule has 13 heavy (non-hydrogen) atoms. The van der Waals surface area contributed by atoms with Crippen LogP contribution in [0.5, 0.6) is 0 Å². The Balaban J connectivity index is 1.98. The molecule has 2 heterocycles. The molecule has 2 saturated heterocycles. The SMILES string of the molecule is CC(O)CN1[C@@H]2CC[C@H]1CC(O)C2. The maximum absolute atomic E-state index is 9.55. The summed E-state index contributed by atoms with van der Waals surface area (Å²) in [4.78, 5) is 2.39. The van der Waals surface area contributed by atoms with Crippen LogP contribution in [-0.4, -0.2) is 45.9 Å². The second-order valence-corrected chi connectivity index (χ2v) is 4.56. The number of piperidine rings is 1. The summed E-state index contributed by atoms with van der Waals surface area (Å²) in [7, 11) is 0. The summed E-state index contributed by atoms with van der Waals surface area (Å²) in [5.74, 6) is 0. The molecule has 0 aromatic heterocycles. The third kappa shape index (κ3) is 1.87. The Morgan fingerprint density at radius 2 is 1.85 bits per heavy atom. The van der Waals surface area contributed by atoms with Gasteiger partial charge in [0.1, 0.15) is 0 Å². The highest BCUT2D eigenvalue weighted by Crippen LogP contribution is 2.35. The summed E-state index contributed by atoms with van der Waals surface area (Å²) in [6.07, 6.45) is 3.89. The van der Waals surface area contributed by atoms with Crippen LogP contribution in [-0.2, 0) is 0 Å². The molecule has 2 rings (SSSR count). The first-order valence-electron chi connectivity index (χ1n) is 5.28. The van der Waals surface area contributed by atoms with Gasteiger partial charge in [0.25, 0.3) is 0 Å². The summed E-state index contributed by atoms with van der Waals surface area (Å²) in [5.41, 5.74) is 0. The van der Waals surface area contributed by atoms with Gasteiger partial charge in [-0.25, -0.2) is 0 Å². The highest BCUT2D eigenvalue weighted by molar-refractivity contribution is 4.95. The number of rotatable bonds is 2. The lowest BCUT2D eigenvalue weighted by molar-refractivity contribution is 0.0122. The second-order valence-electron chi connectivity index (χ2n) is 4.56. The monoisotopic (exact) mass is 185 g/mol. The summed E-state index contributed by atoms with van der Waals surface area (Å²) in [6, 6.07) is 1.06. The Kier molecular flexibility index (Phi) is 2.58. The zero-order valence-corrected chi connectivity index (χ0v) is 8.19. The molecule has 0 aromatic carbocycles. The fraction of sp³-hybridized carbons (Fsp3) is 1.00. The Morgan fingerprint density at radius 1 is 1.31 bits per heavy atom. The molecule has 0 amide bonds. The summed E-state index contributed by atoms with van der Waals surface area (Å²) in [5, 5.41) is 18.9. The lowest BCUT2D eigenvalue weighted by atomic mass is 9.99. The van der Waals surface area contributed by atoms with Crippen molar-refractivity contribution in [2.75, 3.05) is 6.54 Å². The quantitative estimate of drug-likeness (QED) is 0.652. The van der Waals surface area contributed by atoms with Gasteiger partial charge in [-0.3, -0.25) is 4.90 Å². The predicted octanol–water partition coefficient (Wildman–Crippen LogP) is 0.355. The van der Waals surface area contributed by atoms with Crippen molar-refractivity contribution in [3.63, 3.8) is 0 Å². The molecule has 0 aliphatic carbocycles. The summed E-state index contributed by atoms with van der Waals surface area (Å²) < 4.78 is 0. The Labute approximate surface area is 79.4 Å². The van der Waals surface area contributed by atoms with Gasteiger partial charge in [-0.15, -0.1) is 0 Å². The van der Waals surface area contributed by atoms with Crippen LogP contribution in [0.3, 0.4) is 0 Å². The molecule has 2 aliphatic heterocycles. The van der Waals surface area contributed by atoms with Crippen LogP contribution in [0.2, 0.25) is 0 Å². The minimum Gasteiger partial charge on any atom is -0.393 e. The van der Waals surface area contributed by atoms with Crippen molar-refractivity contribution in [1.82, 2.24) is 4.90 Å². The number of aliphatic hydroxyl groups excluding tert-OH is 2. The van der Waals surface area contributed by atoms with Gasteiger partial charge >= 0.3 is 0 Å². The molecular weight excluding hydrogens is 166 g/mol. The van der Waals surface area contributed by atoms with E-state index < -0.39 is 0 Å². The molecule has 0 spiro atoms. The average molecular weight is 185 g/mol. The van der Waals surface area contributed by atoms with Gasteiger partial charge in [-0.05, 0) is 32.6 Å². The normalized spacial score (nSPS) is 42.2. The predicted molar refractivity (Wildman–Crippen MR) is 50.4 cm³/mol. The topological polar surface area (TPSA) is 43.7 Å². The van der Waals surface area contributed by atoms with E-state index in [0.29, 0.717) is 12.1 Å². The molecule has 76 valence electrons. The van der Waals surface area contributed by atoms with Gasteiger partial charge < -0.3 is 10.2 Å². The molecular formula is C10H19NO2. The molecule has 3 heteroatoms. The smallest absolute Gasteiger partial charge is 0.0639 e. The van der Waals surface area contributed by atoms with Crippen LogP contribution >= 0.6 is 0 Å². The summed E-state index contributed by atoms with van der Waals surface area (Å²) >= 11 is 0. The number of hydrogen-bond donors (Lipinski definition) is 2. The minimum absolute atomic E-state index is 0.0947. The zero-order chi connectivity index (χ0) is 9.42. The second kappa shape index (κ2) is 3.56. The van der Waals surface area contributed by atoms with Crippen molar-refractivity contribution in [2.24, 2.45) is 0 Å². The average Bonchev–Trinajstić information content (AvgIpc) is 2.32. The fourth-order valence-electron chi connectivity index (χ4n) is 2.85. The first-order valence-corrected chi connectivity index (χ1v) is 5.28. The van der Waals surface area contributed by atoms with E-state index in [1.807, 2.05) is 6.92 Å². The number of nitrogens with zero attached hydrogens (tertiary/aromatic N) is 1. The van der Waals surface area contributed by atoms with E-state index in [1.165, 1.54) is 12.8 Å². The Morgan fingerprint density at radius 3 is 2.31 bits per heavy atom. The lowest BCUT2D eigenvalue weighted by Crippen LogP contribution is -2.47. The molecule has 4 atom stereocenters. The highest BCUT2D eigenvalue weighted by atomic mass is 16.3. The standard InChI is InChI=1S/C10H19NO2/c1-7(12)6-11-8-2-3-9(11)5-10(13)4-8/h7-10,12-13H,2-6H2,1H3/t7?,8-,9+,10?. The van der Waals surface area contributed by atoms with Crippen molar-refractivity contribution < 1.29 is 10.2 Å². The van der Waals surface area contributed by atoms with Crippen LogP contribution in [0, 0.1) is 0 Å². The van der Waals surface area contributed by atoms with E-state index in [1.54, 1.807) is 0 Å². The molecule has 0 radical (unpaired) electrons. The largest absolute Gasteiger partial charge is 0.393 e. The van der Waals surface area contributed by atoms with Gasteiger partial charge in [0.2, 0.25) is 0 Å². The van der Waals surface area contributed by atoms with Crippen LogP contribution in [0.4, 0.5) is 0 Å². The van der Waals surface area contributed by atoms with Crippen molar-refractivity contribution in [3.05, 3.63) is 0 Å². The molecule has 2 bridgehead atoms. The molecule has 2 N–H and O–H groups in total. The number of aliphatic hydroxyl groups is 2. The first-order chi connectivity index (χ1) is 6.16. The number of fused-ring (bicyclic) bond motifs is 2. The molecule has 2 aliphatic rings. The lowest BCUT2D eigenvalue weighted by Gasteiger charge is -2.37. The number of hydrogen-bond acceptors (Lipinski definition) is 3.